The quantitative estimate of drug-likeness (QED) is 0.642. The van der Waals surface area contributed by atoms with Crippen molar-refractivity contribution in [3.63, 3.8) is 0 Å². The molecule has 2 fully saturated rings. The van der Waals surface area contributed by atoms with E-state index in [0.29, 0.717) is 52.4 Å². The van der Waals surface area contributed by atoms with E-state index in [1.165, 1.54) is 0 Å². The molecule has 5 rings (SSSR count). The third-order valence-corrected chi connectivity index (χ3v) is 6.66. The second kappa shape index (κ2) is 9.41. The number of amides is 1. The number of ether oxygens (including phenoxy) is 4. The molecule has 2 aliphatic heterocycles. The average molecular weight is 452 g/mol. The van der Waals surface area contributed by atoms with E-state index in [0.717, 1.165) is 28.0 Å². The minimum Gasteiger partial charge on any atom is -0.497 e. The highest BCUT2D eigenvalue weighted by atomic mass is 16.5. The molecule has 0 aliphatic carbocycles. The van der Waals surface area contributed by atoms with Crippen LogP contribution < -0.4 is 9.47 Å². The van der Waals surface area contributed by atoms with E-state index >= 15 is 0 Å². The summed E-state index contributed by atoms with van der Waals surface area (Å²) in [5.74, 6) is 1.62. The van der Waals surface area contributed by atoms with Gasteiger partial charge in [0.05, 0.1) is 49.4 Å². The number of carbonyl (C=O) groups is 1. The largest absolute Gasteiger partial charge is 0.497 e. The second-order valence-electron chi connectivity index (χ2n) is 8.58. The molecule has 3 aromatic rings. The monoisotopic (exact) mass is 451 g/mol. The van der Waals surface area contributed by atoms with Crippen molar-refractivity contribution in [1.82, 2.24) is 15.1 Å². The van der Waals surface area contributed by atoms with Gasteiger partial charge in [-0.1, -0.05) is 18.2 Å². The van der Waals surface area contributed by atoms with Crippen molar-refractivity contribution >= 4 is 16.8 Å². The van der Waals surface area contributed by atoms with Gasteiger partial charge in [0.25, 0.3) is 0 Å². The van der Waals surface area contributed by atoms with Gasteiger partial charge >= 0.3 is 0 Å². The first kappa shape index (κ1) is 21.7. The lowest BCUT2D eigenvalue weighted by Crippen LogP contribution is -2.52. The van der Waals surface area contributed by atoms with Crippen LogP contribution in [0.1, 0.15) is 18.4 Å². The Morgan fingerprint density at radius 3 is 2.73 bits per heavy atom. The number of hydrogen-bond acceptors (Lipinski definition) is 6. The Labute approximate surface area is 192 Å². The maximum atomic E-state index is 14.1. The maximum absolute atomic E-state index is 14.1. The lowest BCUT2D eigenvalue weighted by molar-refractivity contribution is -0.142. The highest BCUT2D eigenvalue weighted by molar-refractivity contribution is 5.89. The molecule has 8 nitrogen and oxygen atoms in total. The van der Waals surface area contributed by atoms with Gasteiger partial charge in [0, 0.05) is 19.8 Å². The molecule has 33 heavy (non-hydrogen) atoms. The van der Waals surface area contributed by atoms with E-state index in [9.17, 15) is 4.79 Å². The Bertz CT molecular complexity index is 1090. The summed E-state index contributed by atoms with van der Waals surface area (Å²) in [6, 6.07) is 13.7. The molecule has 0 bridgehead atoms. The SMILES string of the molecule is COc1ccc(C2(C(=O)N3CCOCC(Oc4cccc5[nH]ncc45)C3)CCOCC2)cc1. The number of fused-ring (bicyclic) bond motifs is 1. The fourth-order valence-electron chi connectivity index (χ4n) is 4.82. The number of aromatic nitrogens is 2. The van der Waals surface area contributed by atoms with Crippen molar-refractivity contribution in [2.75, 3.05) is 46.6 Å². The molecular weight excluding hydrogens is 422 g/mol. The number of nitrogens with zero attached hydrogens (tertiary/aromatic N) is 2. The molecule has 3 heterocycles. The Balaban J connectivity index is 1.39. The fourth-order valence-corrected chi connectivity index (χ4v) is 4.82. The summed E-state index contributed by atoms with van der Waals surface area (Å²) in [4.78, 5) is 16.0. The van der Waals surface area contributed by atoms with Crippen molar-refractivity contribution in [1.29, 1.82) is 0 Å². The van der Waals surface area contributed by atoms with Crippen LogP contribution in [-0.2, 0) is 19.7 Å². The minimum absolute atomic E-state index is 0.108. The topological polar surface area (TPSA) is 85.9 Å². The molecule has 2 aliphatic rings. The van der Waals surface area contributed by atoms with Gasteiger partial charge in [-0.15, -0.1) is 0 Å². The van der Waals surface area contributed by atoms with E-state index in [1.807, 2.05) is 47.4 Å². The van der Waals surface area contributed by atoms with Gasteiger partial charge in [-0.3, -0.25) is 9.89 Å². The van der Waals surface area contributed by atoms with Gasteiger partial charge in [-0.25, -0.2) is 0 Å². The molecule has 1 unspecified atom stereocenters. The van der Waals surface area contributed by atoms with Crippen LogP contribution in [-0.4, -0.2) is 73.7 Å². The third kappa shape index (κ3) is 4.28. The molecule has 8 heteroatoms. The molecule has 0 spiro atoms. The molecule has 0 radical (unpaired) electrons. The summed E-state index contributed by atoms with van der Waals surface area (Å²) in [7, 11) is 1.64. The van der Waals surface area contributed by atoms with Crippen LogP contribution in [0, 0.1) is 0 Å². The first-order chi connectivity index (χ1) is 16.2. The van der Waals surface area contributed by atoms with Crippen molar-refractivity contribution in [3.05, 3.63) is 54.2 Å². The van der Waals surface area contributed by atoms with Crippen LogP contribution in [0.3, 0.4) is 0 Å². The zero-order valence-corrected chi connectivity index (χ0v) is 18.8. The zero-order valence-electron chi connectivity index (χ0n) is 18.8. The number of H-pyrrole nitrogens is 1. The smallest absolute Gasteiger partial charge is 0.233 e. The summed E-state index contributed by atoms with van der Waals surface area (Å²) >= 11 is 0. The van der Waals surface area contributed by atoms with Gasteiger partial charge in [0.1, 0.15) is 17.6 Å². The van der Waals surface area contributed by atoms with Gasteiger partial charge in [0.15, 0.2) is 0 Å². The van der Waals surface area contributed by atoms with Crippen molar-refractivity contribution in [3.8, 4) is 11.5 Å². The second-order valence-corrected chi connectivity index (χ2v) is 8.58. The summed E-state index contributed by atoms with van der Waals surface area (Å²) in [6.07, 6.45) is 2.78. The average Bonchev–Trinajstić information content (AvgIpc) is 3.24. The molecule has 1 amide bonds. The number of nitrogens with one attached hydrogen (secondary N) is 1. The molecule has 1 atom stereocenters. The fraction of sp³-hybridized carbons (Fsp3) is 0.440. The van der Waals surface area contributed by atoms with Crippen molar-refractivity contribution in [2.24, 2.45) is 0 Å². The molecule has 2 saturated heterocycles. The standard InChI is InChI=1S/C25H29N3O5/c1-30-19-7-5-18(6-8-19)25(9-12-31-13-10-25)24(29)28-11-14-32-17-20(16-28)33-23-4-2-3-22-21(23)15-26-27-22/h2-8,15,20H,9-14,16-17H2,1H3,(H,26,27). The summed E-state index contributed by atoms with van der Waals surface area (Å²) < 4.78 is 23.1. The molecule has 2 aromatic carbocycles. The number of carbonyl (C=O) groups excluding carboxylic acids is 1. The highest BCUT2D eigenvalue weighted by Crippen LogP contribution is 2.38. The summed E-state index contributed by atoms with van der Waals surface area (Å²) in [6.45, 7) is 3.03. The Hall–Kier alpha value is -3.10. The molecule has 0 saturated carbocycles. The summed E-state index contributed by atoms with van der Waals surface area (Å²) in [5.41, 5.74) is 1.29. The number of aromatic amines is 1. The van der Waals surface area contributed by atoms with Crippen molar-refractivity contribution in [2.45, 2.75) is 24.4 Å². The van der Waals surface area contributed by atoms with Crippen LogP contribution in [0.5, 0.6) is 11.5 Å². The van der Waals surface area contributed by atoms with E-state index in [4.69, 9.17) is 18.9 Å². The number of benzene rings is 2. The molecule has 174 valence electrons. The predicted molar refractivity (Wildman–Crippen MR) is 123 cm³/mol. The number of hydrogen-bond donors (Lipinski definition) is 1. The van der Waals surface area contributed by atoms with E-state index < -0.39 is 5.41 Å². The lowest BCUT2D eigenvalue weighted by atomic mass is 9.73. The minimum atomic E-state index is -0.621. The van der Waals surface area contributed by atoms with E-state index in [1.54, 1.807) is 13.3 Å². The van der Waals surface area contributed by atoms with Crippen LogP contribution in [0.25, 0.3) is 10.9 Å². The van der Waals surface area contributed by atoms with Gasteiger partial charge in [-0.2, -0.15) is 5.10 Å². The summed E-state index contributed by atoms with van der Waals surface area (Å²) in [5, 5.41) is 7.99. The van der Waals surface area contributed by atoms with Crippen LogP contribution in [0.4, 0.5) is 0 Å². The van der Waals surface area contributed by atoms with Crippen LogP contribution >= 0.6 is 0 Å². The highest BCUT2D eigenvalue weighted by Gasteiger charge is 2.45. The van der Waals surface area contributed by atoms with Gasteiger partial charge < -0.3 is 23.8 Å². The van der Waals surface area contributed by atoms with Gasteiger partial charge in [0.2, 0.25) is 5.91 Å². The predicted octanol–water partition coefficient (Wildman–Crippen LogP) is 2.93. The third-order valence-electron chi connectivity index (χ3n) is 6.66. The lowest BCUT2D eigenvalue weighted by Gasteiger charge is -2.40. The first-order valence-corrected chi connectivity index (χ1v) is 11.4. The van der Waals surface area contributed by atoms with Crippen LogP contribution in [0.15, 0.2) is 48.7 Å². The number of methoxy groups -OCH3 is 1. The zero-order chi connectivity index (χ0) is 22.7. The Morgan fingerprint density at radius 1 is 1.12 bits per heavy atom. The maximum Gasteiger partial charge on any atom is 0.233 e. The molecule has 1 aromatic heterocycles. The van der Waals surface area contributed by atoms with E-state index in [-0.39, 0.29) is 12.0 Å². The van der Waals surface area contributed by atoms with Crippen molar-refractivity contribution < 1.29 is 23.7 Å². The Kier molecular flexibility index (Phi) is 6.20. The first-order valence-electron chi connectivity index (χ1n) is 11.4. The molecule has 1 N–H and O–H groups in total. The molecular formula is C25H29N3O5. The normalized spacial score (nSPS) is 20.9. The van der Waals surface area contributed by atoms with E-state index in [2.05, 4.69) is 10.2 Å². The van der Waals surface area contributed by atoms with Gasteiger partial charge in [-0.05, 0) is 42.7 Å². The number of rotatable bonds is 5. The van der Waals surface area contributed by atoms with Crippen LogP contribution in [0.2, 0.25) is 0 Å². The Morgan fingerprint density at radius 2 is 1.94 bits per heavy atom.